The number of halogens is 1. The van der Waals surface area contributed by atoms with Crippen LogP contribution >= 0.6 is 22.9 Å². The number of benzene rings is 1. The van der Waals surface area contributed by atoms with E-state index in [0.29, 0.717) is 31.0 Å². The number of nitrogens with zero attached hydrogens (tertiary/aromatic N) is 1. The molecule has 1 aliphatic rings. The van der Waals surface area contributed by atoms with Gasteiger partial charge < -0.3 is 10.2 Å². The van der Waals surface area contributed by atoms with Crippen molar-refractivity contribution in [1.82, 2.24) is 10.2 Å². The van der Waals surface area contributed by atoms with E-state index in [9.17, 15) is 9.59 Å². The first-order chi connectivity index (χ1) is 12.0. The van der Waals surface area contributed by atoms with Gasteiger partial charge in [0.25, 0.3) is 5.91 Å². The van der Waals surface area contributed by atoms with Crippen LogP contribution in [-0.4, -0.2) is 29.8 Å². The van der Waals surface area contributed by atoms with E-state index in [1.54, 1.807) is 0 Å². The highest BCUT2D eigenvalue weighted by atomic mass is 35.5. The maximum atomic E-state index is 12.5. The van der Waals surface area contributed by atoms with Crippen molar-refractivity contribution in [3.8, 4) is 0 Å². The van der Waals surface area contributed by atoms with Crippen molar-refractivity contribution >= 4 is 34.8 Å². The van der Waals surface area contributed by atoms with E-state index >= 15 is 0 Å². The second-order valence-corrected chi connectivity index (χ2v) is 7.71. The summed E-state index contributed by atoms with van der Waals surface area (Å²) >= 11 is 7.36. The van der Waals surface area contributed by atoms with E-state index in [1.165, 1.54) is 11.3 Å². The quantitative estimate of drug-likeness (QED) is 0.872. The van der Waals surface area contributed by atoms with Gasteiger partial charge in [0.2, 0.25) is 5.91 Å². The lowest BCUT2D eigenvalue weighted by Crippen LogP contribution is -2.43. The number of rotatable bonds is 4. The summed E-state index contributed by atoms with van der Waals surface area (Å²) in [7, 11) is 0. The van der Waals surface area contributed by atoms with Crippen molar-refractivity contribution in [2.24, 2.45) is 5.92 Å². The SMILES string of the molecule is C[C@H](NC(=O)C1CCN(C(=O)c2cccs2)CC1)c1ccc(Cl)cc1. The van der Waals surface area contributed by atoms with Gasteiger partial charge in [-0.25, -0.2) is 0 Å². The van der Waals surface area contributed by atoms with E-state index in [0.717, 1.165) is 10.4 Å². The number of amides is 2. The Balaban J connectivity index is 1.51. The summed E-state index contributed by atoms with van der Waals surface area (Å²) in [6.07, 6.45) is 1.41. The van der Waals surface area contributed by atoms with E-state index in [-0.39, 0.29) is 23.8 Å². The molecule has 132 valence electrons. The summed E-state index contributed by atoms with van der Waals surface area (Å²) in [6, 6.07) is 11.2. The fraction of sp³-hybridized carbons (Fsp3) is 0.368. The monoisotopic (exact) mass is 376 g/mol. The number of carbonyl (C=O) groups is 2. The van der Waals surface area contributed by atoms with E-state index in [1.807, 2.05) is 53.6 Å². The molecule has 4 nitrogen and oxygen atoms in total. The number of thiophene rings is 1. The zero-order valence-electron chi connectivity index (χ0n) is 14.1. The van der Waals surface area contributed by atoms with Gasteiger partial charge in [-0.1, -0.05) is 29.8 Å². The Labute approximate surface area is 156 Å². The minimum Gasteiger partial charge on any atom is -0.349 e. The molecule has 1 aromatic carbocycles. The van der Waals surface area contributed by atoms with Gasteiger partial charge in [-0.3, -0.25) is 9.59 Å². The Morgan fingerprint density at radius 2 is 1.88 bits per heavy atom. The highest BCUT2D eigenvalue weighted by Gasteiger charge is 2.28. The molecule has 2 aromatic rings. The third kappa shape index (κ3) is 4.41. The molecule has 25 heavy (non-hydrogen) atoms. The Kier molecular flexibility index (Phi) is 5.76. The molecule has 1 N–H and O–H groups in total. The average molecular weight is 377 g/mol. The molecule has 1 atom stereocenters. The Bertz CT molecular complexity index is 722. The molecular formula is C19H21ClN2O2S. The summed E-state index contributed by atoms with van der Waals surface area (Å²) in [5, 5.41) is 5.67. The highest BCUT2D eigenvalue weighted by Crippen LogP contribution is 2.22. The molecule has 6 heteroatoms. The van der Waals surface area contributed by atoms with Gasteiger partial charge in [0.1, 0.15) is 0 Å². The molecule has 3 rings (SSSR count). The van der Waals surface area contributed by atoms with Gasteiger partial charge in [0.05, 0.1) is 10.9 Å². The van der Waals surface area contributed by atoms with Crippen LogP contribution in [0.5, 0.6) is 0 Å². The topological polar surface area (TPSA) is 49.4 Å². The summed E-state index contributed by atoms with van der Waals surface area (Å²) in [5.41, 5.74) is 1.03. The van der Waals surface area contributed by atoms with Crippen molar-refractivity contribution in [3.63, 3.8) is 0 Å². The van der Waals surface area contributed by atoms with Crippen LogP contribution in [-0.2, 0) is 4.79 Å². The molecule has 0 saturated carbocycles. The molecular weight excluding hydrogens is 356 g/mol. The third-order valence-electron chi connectivity index (χ3n) is 4.61. The standard InChI is InChI=1S/C19H21ClN2O2S/c1-13(14-4-6-16(20)7-5-14)21-18(23)15-8-10-22(11-9-15)19(24)17-3-2-12-25-17/h2-7,12-13,15H,8-11H2,1H3,(H,21,23)/t13-/m0/s1. The molecule has 0 bridgehead atoms. The summed E-state index contributed by atoms with van der Waals surface area (Å²) in [5.74, 6) is 0.0937. The molecule has 1 aliphatic heterocycles. The van der Waals surface area contributed by atoms with Crippen molar-refractivity contribution in [1.29, 1.82) is 0 Å². The third-order valence-corrected chi connectivity index (χ3v) is 5.72. The molecule has 1 saturated heterocycles. The number of likely N-dealkylation sites (tertiary alicyclic amines) is 1. The predicted octanol–water partition coefficient (Wildman–Crippen LogP) is 4.13. The first-order valence-corrected chi connectivity index (χ1v) is 9.69. The maximum absolute atomic E-state index is 12.5. The van der Waals surface area contributed by atoms with Crippen LogP contribution in [0.4, 0.5) is 0 Å². The first kappa shape index (κ1) is 18.0. The Morgan fingerprint density at radius 3 is 2.48 bits per heavy atom. The Morgan fingerprint density at radius 1 is 1.20 bits per heavy atom. The minimum absolute atomic E-state index is 0.0397. The van der Waals surface area contributed by atoms with Crippen LogP contribution in [0.2, 0.25) is 5.02 Å². The van der Waals surface area contributed by atoms with Gasteiger partial charge in [0, 0.05) is 24.0 Å². The van der Waals surface area contributed by atoms with E-state index in [2.05, 4.69) is 5.32 Å². The molecule has 0 aliphatic carbocycles. The number of hydrogen-bond acceptors (Lipinski definition) is 3. The lowest BCUT2D eigenvalue weighted by molar-refractivity contribution is -0.126. The fourth-order valence-corrected chi connectivity index (χ4v) is 3.88. The van der Waals surface area contributed by atoms with Crippen LogP contribution in [0, 0.1) is 5.92 Å². The maximum Gasteiger partial charge on any atom is 0.263 e. The van der Waals surface area contributed by atoms with Gasteiger partial charge in [-0.15, -0.1) is 11.3 Å². The molecule has 0 radical (unpaired) electrons. The molecule has 0 spiro atoms. The van der Waals surface area contributed by atoms with Crippen LogP contribution in [0.1, 0.15) is 41.0 Å². The lowest BCUT2D eigenvalue weighted by atomic mass is 9.95. The molecule has 0 unspecified atom stereocenters. The number of nitrogens with one attached hydrogen (secondary N) is 1. The fourth-order valence-electron chi connectivity index (χ4n) is 3.07. The van der Waals surface area contributed by atoms with Crippen LogP contribution in [0.15, 0.2) is 41.8 Å². The molecule has 2 heterocycles. The van der Waals surface area contributed by atoms with Crippen molar-refractivity contribution in [3.05, 3.63) is 57.2 Å². The van der Waals surface area contributed by atoms with Gasteiger partial charge in [-0.05, 0) is 48.9 Å². The van der Waals surface area contributed by atoms with Crippen molar-refractivity contribution in [2.45, 2.75) is 25.8 Å². The summed E-state index contributed by atoms with van der Waals surface area (Å²) < 4.78 is 0. The summed E-state index contributed by atoms with van der Waals surface area (Å²) in [6.45, 7) is 3.23. The molecule has 1 aromatic heterocycles. The van der Waals surface area contributed by atoms with Crippen molar-refractivity contribution in [2.75, 3.05) is 13.1 Å². The first-order valence-electron chi connectivity index (χ1n) is 8.43. The average Bonchev–Trinajstić information content (AvgIpc) is 3.16. The van der Waals surface area contributed by atoms with E-state index < -0.39 is 0 Å². The van der Waals surface area contributed by atoms with E-state index in [4.69, 9.17) is 11.6 Å². The van der Waals surface area contributed by atoms with Gasteiger partial charge in [0.15, 0.2) is 0 Å². The summed E-state index contributed by atoms with van der Waals surface area (Å²) in [4.78, 5) is 27.5. The second-order valence-electron chi connectivity index (χ2n) is 6.33. The zero-order chi connectivity index (χ0) is 17.8. The highest BCUT2D eigenvalue weighted by molar-refractivity contribution is 7.12. The van der Waals surface area contributed by atoms with Crippen molar-refractivity contribution < 1.29 is 9.59 Å². The Hall–Kier alpha value is -1.85. The normalized spacial score (nSPS) is 16.5. The zero-order valence-corrected chi connectivity index (χ0v) is 15.6. The predicted molar refractivity (Wildman–Crippen MR) is 101 cm³/mol. The number of hydrogen-bond donors (Lipinski definition) is 1. The molecule has 2 amide bonds. The minimum atomic E-state index is -0.0597. The number of carbonyl (C=O) groups excluding carboxylic acids is 2. The van der Waals surface area contributed by atoms with Gasteiger partial charge >= 0.3 is 0 Å². The largest absolute Gasteiger partial charge is 0.349 e. The molecule has 1 fully saturated rings. The van der Waals surface area contributed by atoms with Crippen LogP contribution in [0.25, 0.3) is 0 Å². The van der Waals surface area contributed by atoms with Gasteiger partial charge in [-0.2, -0.15) is 0 Å². The smallest absolute Gasteiger partial charge is 0.263 e. The second kappa shape index (κ2) is 8.02. The lowest BCUT2D eigenvalue weighted by Gasteiger charge is -2.31. The van der Waals surface area contributed by atoms with Crippen LogP contribution in [0.3, 0.4) is 0 Å². The van der Waals surface area contributed by atoms with Crippen LogP contribution < -0.4 is 5.32 Å². The number of piperidine rings is 1.